The zero-order valence-electron chi connectivity index (χ0n) is 15.4. The second kappa shape index (κ2) is 16.3. The normalized spacial score (nSPS) is 14.3. The van der Waals surface area contributed by atoms with Gasteiger partial charge in [-0.05, 0) is 25.7 Å². The molecule has 134 valence electrons. The zero-order chi connectivity index (χ0) is 16.8. The minimum absolute atomic E-state index is 0. The van der Waals surface area contributed by atoms with Crippen LogP contribution in [0.2, 0.25) is 0 Å². The molecule has 0 aromatic rings. The first-order valence-electron chi connectivity index (χ1n) is 9.04. The van der Waals surface area contributed by atoms with Gasteiger partial charge >= 0.3 is 29.6 Å². The number of unbranched alkanes of at least 4 members (excludes halogenated alkanes) is 8. The third-order valence-corrected chi connectivity index (χ3v) is 5.71. The van der Waals surface area contributed by atoms with Gasteiger partial charge < -0.3 is 9.66 Å². The van der Waals surface area contributed by atoms with Crippen LogP contribution in [0.4, 0.5) is 0 Å². The summed E-state index contributed by atoms with van der Waals surface area (Å²) in [6.45, 7) is 3.92. The predicted octanol–water partition coefficient (Wildman–Crippen LogP) is 1.38. The van der Waals surface area contributed by atoms with Crippen molar-refractivity contribution in [2.75, 3.05) is 0 Å². The largest absolute Gasteiger partial charge is 1.00 e. The number of hydrogen-bond acceptors (Lipinski definition) is 4. The second-order valence-corrected chi connectivity index (χ2v) is 8.02. The van der Waals surface area contributed by atoms with Crippen molar-refractivity contribution in [3.63, 3.8) is 0 Å². The Balaban J connectivity index is 0. The van der Waals surface area contributed by atoms with E-state index in [1.807, 2.05) is 0 Å². The fraction of sp³-hybridized carbons (Fsp3) is 1.00. The van der Waals surface area contributed by atoms with Gasteiger partial charge in [-0.3, -0.25) is 0 Å². The minimum atomic E-state index is -4.21. The molecule has 0 saturated heterocycles. The van der Waals surface area contributed by atoms with Gasteiger partial charge in [0, 0.05) is 5.25 Å². The summed E-state index contributed by atoms with van der Waals surface area (Å²) in [4.78, 5) is 0. The van der Waals surface area contributed by atoms with Crippen molar-refractivity contribution in [1.82, 2.24) is 0 Å². The van der Waals surface area contributed by atoms with E-state index in [1.54, 1.807) is 6.92 Å². The molecule has 0 aliphatic heterocycles. The van der Waals surface area contributed by atoms with Crippen molar-refractivity contribution in [2.45, 2.75) is 109 Å². The van der Waals surface area contributed by atoms with E-state index >= 15 is 0 Å². The van der Waals surface area contributed by atoms with Crippen LogP contribution in [0, 0.1) is 0 Å². The molecule has 4 nitrogen and oxygen atoms in total. The number of aliphatic hydroxyl groups excluding tert-OH is 1. The summed E-state index contributed by atoms with van der Waals surface area (Å²) >= 11 is 0. The third kappa shape index (κ3) is 16.1. The monoisotopic (exact) mass is 358 g/mol. The van der Waals surface area contributed by atoms with Gasteiger partial charge in [0.2, 0.25) is 0 Å². The summed E-state index contributed by atoms with van der Waals surface area (Å²) in [6.07, 6.45) is 12.5. The van der Waals surface area contributed by atoms with Crippen molar-refractivity contribution < 1.29 is 47.6 Å². The summed E-state index contributed by atoms with van der Waals surface area (Å²) in [5.74, 6) is 0. The van der Waals surface area contributed by atoms with Crippen LogP contribution in [-0.2, 0) is 10.1 Å². The third-order valence-electron chi connectivity index (χ3n) is 4.33. The quantitative estimate of drug-likeness (QED) is 0.272. The molecule has 0 amide bonds. The first kappa shape index (κ1) is 26.1. The van der Waals surface area contributed by atoms with Crippen LogP contribution in [0.15, 0.2) is 0 Å². The van der Waals surface area contributed by atoms with Crippen molar-refractivity contribution in [3.05, 3.63) is 0 Å². The molecule has 0 radical (unpaired) electrons. The van der Waals surface area contributed by atoms with E-state index in [4.69, 9.17) is 0 Å². The molecule has 0 saturated carbocycles. The molecule has 0 aliphatic rings. The Labute approximate surface area is 165 Å². The fourth-order valence-corrected chi connectivity index (χ4v) is 3.60. The standard InChI is InChI=1S/C17H36O4S.Na/c1-3-5-6-7-8-9-10-11-12-13-16(18)14-15-17(4-2)22(19,20)21;/h16-18H,3-15H2,1-2H3,(H,19,20,21);/q;+1/p-1. The predicted molar refractivity (Wildman–Crippen MR) is 90.9 cm³/mol. The molecule has 0 aliphatic carbocycles. The van der Waals surface area contributed by atoms with Crippen LogP contribution in [0.5, 0.6) is 0 Å². The maximum absolute atomic E-state index is 11.0. The Hall–Kier alpha value is 0.870. The molecule has 0 fully saturated rings. The molecular weight excluding hydrogens is 323 g/mol. The number of aliphatic hydroxyl groups is 1. The Bertz CT molecular complexity index is 347. The SMILES string of the molecule is CCCCCCCCCCCC(O)CCC(CC)S(=O)(=O)[O-].[Na+]. The van der Waals surface area contributed by atoms with Gasteiger partial charge in [0.25, 0.3) is 0 Å². The summed E-state index contributed by atoms with van der Waals surface area (Å²) in [7, 11) is -4.21. The minimum Gasteiger partial charge on any atom is -0.748 e. The Morgan fingerprint density at radius 2 is 1.30 bits per heavy atom. The summed E-state index contributed by atoms with van der Waals surface area (Å²) in [6, 6.07) is 0. The Morgan fingerprint density at radius 3 is 1.74 bits per heavy atom. The van der Waals surface area contributed by atoms with E-state index in [-0.39, 0.29) is 36.0 Å². The molecule has 6 heteroatoms. The summed E-state index contributed by atoms with van der Waals surface area (Å²) < 4.78 is 32.9. The number of rotatable bonds is 15. The molecular formula is C17H35NaO4S. The van der Waals surface area contributed by atoms with Crippen LogP contribution in [0.3, 0.4) is 0 Å². The summed E-state index contributed by atoms with van der Waals surface area (Å²) in [5, 5.41) is 9.02. The molecule has 0 heterocycles. The van der Waals surface area contributed by atoms with Crippen molar-refractivity contribution in [1.29, 1.82) is 0 Å². The van der Waals surface area contributed by atoms with Crippen LogP contribution in [0.1, 0.15) is 97.3 Å². The van der Waals surface area contributed by atoms with E-state index in [9.17, 15) is 18.1 Å². The molecule has 2 unspecified atom stereocenters. The second-order valence-electron chi connectivity index (χ2n) is 6.37. The van der Waals surface area contributed by atoms with Gasteiger partial charge in [-0.1, -0.05) is 71.6 Å². The van der Waals surface area contributed by atoms with Gasteiger partial charge in [0.15, 0.2) is 0 Å². The molecule has 0 aromatic carbocycles. The molecule has 1 N–H and O–H groups in total. The van der Waals surface area contributed by atoms with E-state index in [0.717, 1.165) is 12.8 Å². The Kier molecular flexibility index (Phi) is 18.5. The van der Waals surface area contributed by atoms with Gasteiger partial charge in [-0.2, -0.15) is 0 Å². The van der Waals surface area contributed by atoms with Crippen LogP contribution >= 0.6 is 0 Å². The molecule has 0 aromatic heterocycles. The molecule has 0 bridgehead atoms. The number of hydrogen-bond donors (Lipinski definition) is 1. The Morgan fingerprint density at radius 1 is 0.826 bits per heavy atom. The summed E-state index contributed by atoms with van der Waals surface area (Å²) in [5.41, 5.74) is 0. The van der Waals surface area contributed by atoms with Crippen LogP contribution < -0.4 is 29.6 Å². The topological polar surface area (TPSA) is 77.4 Å². The van der Waals surface area contributed by atoms with Gasteiger partial charge in [-0.15, -0.1) is 0 Å². The van der Waals surface area contributed by atoms with E-state index in [2.05, 4.69) is 6.92 Å². The first-order valence-corrected chi connectivity index (χ1v) is 10.5. The molecule has 0 spiro atoms. The van der Waals surface area contributed by atoms with Crippen molar-refractivity contribution in [2.24, 2.45) is 0 Å². The smallest absolute Gasteiger partial charge is 0.748 e. The molecule has 0 rings (SSSR count). The van der Waals surface area contributed by atoms with Gasteiger partial charge in [-0.25, -0.2) is 8.42 Å². The first-order chi connectivity index (χ1) is 10.4. The zero-order valence-corrected chi connectivity index (χ0v) is 18.2. The van der Waals surface area contributed by atoms with E-state index in [0.29, 0.717) is 19.3 Å². The van der Waals surface area contributed by atoms with E-state index < -0.39 is 21.5 Å². The average molecular weight is 359 g/mol. The van der Waals surface area contributed by atoms with Gasteiger partial charge in [0.1, 0.15) is 0 Å². The fourth-order valence-electron chi connectivity index (χ4n) is 2.77. The van der Waals surface area contributed by atoms with Crippen LogP contribution in [-0.4, -0.2) is 29.4 Å². The van der Waals surface area contributed by atoms with Crippen LogP contribution in [0.25, 0.3) is 0 Å². The van der Waals surface area contributed by atoms with E-state index in [1.165, 1.54) is 44.9 Å². The maximum Gasteiger partial charge on any atom is 1.00 e. The molecule has 2 atom stereocenters. The van der Waals surface area contributed by atoms with Gasteiger partial charge in [0.05, 0.1) is 16.2 Å². The van der Waals surface area contributed by atoms with Crippen molar-refractivity contribution >= 4 is 10.1 Å². The average Bonchev–Trinajstić information content (AvgIpc) is 2.44. The maximum atomic E-state index is 11.0. The molecule has 23 heavy (non-hydrogen) atoms. The van der Waals surface area contributed by atoms with Crippen molar-refractivity contribution in [3.8, 4) is 0 Å².